The predicted molar refractivity (Wildman–Crippen MR) is 64.5 cm³/mol. The molecule has 1 aromatic rings. The van der Waals surface area contributed by atoms with Crippen molar-refractivity contribution < 1.29 is 5.11 Å². The van der Waals surface area contributed by atoms with E-state index in [0.29, 0.717) is 0 Å². The average Bonchev–Trinajstić information content (AvgIpc) is 2.26. The molecule has 4 nitrogen and oxygen atoms in total. The summed E-state index contributed by atoms with van der Waals surface area (Å²) in [6, 6.07) is 3.72. The molecule has 2 unspecified atom stereocenters. The molecule has 2 atom stereocenters. The minimum atomic E-state index is -0.300. The molecule has 0 saturated carbocycles. The number of nitrogen functional groups attached to an aromatic ring is 1. The molecule has 84 valence electrons. The molecule has 4 N–H and O–H groups in total. The summed E-state index contributed by atoms with van der Waals surface area (Å²) in [5.41, 5.74) is 4.39. The van der Waals surface area contributed by atoms with Crippen molar-refractivity contribution in [2.45, 2.75) is 31.0 Å². The van der Waals surface area contributed by atoms with Gasteiger partial charge in [0.05, 0.1) is 17.5 Å². The monoisotopic (exact) mass is 227 g/mol. The van der Waals surface area contributed by atoms with Crippen molar-refractivity contribution in [1.82, 2.24) is 4.98 Å². The molecular weight excluding hydrogens is 210 g/mol. The predicted octanol–water partition coefficient (Wildman–Crippen LogP) is 1.37. The molecule has 0 aliphatic rings. The molecule has 0 fully saturated rings. The van der Waals surface area contributed by atoms with Crippen LogP contribution in [-0.2, 0) is 5.75 Å². The first kappa shape index (κ1) is 12.3. The van der Waals surface area contributed by atoms with Gasteiger partial charge < -0.3 is 10.5 Å². The molecule has 1 aromatic heterocycles. The largest absolute Gasteiger partial charge is 0.392 e. The van der Waals surface area contributed by atoms with E-state index in [4.69, 9.17) is 5.84 Å². The Morgan fingerprint density at radius 2 is 2.33 bits per heavy atom. The van der Waals surface area contributed by atoms with Gasteiger partial charge in [-0.05, 0) is 19.1 Å². The third-order valence-corrected chi connectivity index (χ3v) is 3.54. The fourth-order valence-corrected chi connectivity index (χ4v) is 1.87. The Balaban J connectivity index is 2.50. The minimum Gasteiger partial charge on any atom is -0.392 e. The number of nitrogens with one attached hydrogen (secondary N) is 1. The Labute approximate surface area is 94.3 Å². The molecule has 0 radical (unpaired) electrons. The van der Waals surface area contributed by atoms with Gasteiger partial charge in [0.15, 0.2) is 0 Å². The van der Waals surface area contributed by atoms with Crippen molar-refractivity contribution in [3.63, 3.8) is 0 Å². The molecule has 0 aliphatic carbocycles. The van der Waals surface area contributed by atoms with Gasteiger partial charge in [0.25, 0.3) is 0 Å². The second kappa shape index (κ2) is 5.95. The van der Waals surface area contributed by atoms with Crippen molar-refractivity contribution in [2.24, 2.45) is 5.84 Å². The number of pyridine rings is 1. The summed E-state index contributed by atoms with van der Waals surface area (Å²) in [7, 11) is 0. The molecule has 15 heavy (non-hydrogen) atoms. The van der Waals surface area contributed by atoms with Crippen LogP contribution in [0.5, 0.6) is 0 Å². The summed E-state index contributed by atoms with van der Waals surface area (Å²) in [6.07, 6.45) is 1.42. The molecule has 1 heterocycles. The molecule has 5 heteroatoms. The first-order valence-corrected chi connectivity index (χ1v) is 5.89. The van der Waals surface area contributed by atoms with Gasteiger partial charge in [0.2, 0.25) is 0 Å². The molecular formula is C10H17N3OS. The summed E-state index contributed by atoms with van der Waals surface area (Å²) in [6.45, 7) is 3.79. The van der Waals surface area contributed by atoms with Crippen LogP contribution in [0.25, 0.3) is 0 Å². The summed E-state index contributed by atoms with van der Waals surface area (Å²) in [4.78, 5) is 4.22. The maximum absolute atomic E-state index is 9.33. The van der Waals surface area contributed by atoms with Crippen LogP contribution >= 0.6 is 11.8 Å². The van der Waals surface area contributed by atoms with E-state index in [2.05, 4.69) is 10.4 Å². The van der Waals surface area contributed by atoms with Crippen molar-refractivity contribution in [2.75, 3.05) is 5.43 Å². The number of hydrazine groups is 1. The lowest BCUT2D eigenvalue weighted by molar-refractivity contribution is 0.196. The maximum atomic E-state index is 9.33. The lowest BCUT2D eigenvalue weighted by Crippen LogP contribution is -2.15. The first-order valence-electron chi connectivity index (χ1n) is 4.84. The Morgan fingerprint density at radius 1 is 1.60 bits per heavy atom. The SMILES string of the molecule is CC(O)C(C)SCc1cc(NN)ccn1. The van der Waals surface area contributed by atoms with Gasteiger partial charge in [-0.2, -0.15) is 0 Å². The highest BCUT2D eigenvalue weighted by Crippen LogP contribution is 2.20. The van der Waals surface area contributed by atoms with Gasteiger partial charge in [-0.1, -0.05) is 6.92 Å². The van der Waals surface area contributed by atoms with E-state index in [1.54, 1.807) is 24.9 Å². The van der Waals surface area contributed by atoms with E-state index in [0.717, 1.165) is 17.1 Å². The van der Waals surface area contributed by atoms with Crippen LogP contribution in [0.4, 0.5) is 5.69 Å². The third kappa shape index (κ3) is 4.07. The number of nitrogens with zero attached hydrogens (tertiary/aromatic N) is 1. The zero-order valence-electron chi connectivity index (χ0n) is 8.97. The van der Waals surface area contributed by atoms with Crippen molar-refractivity contribution in [3.8, 4) is 0 Å². The van der Waals surface area contributed by atoms with Crippen molar-refractivity contribution >= 4 is 17.4 Å². The van der Waals surface area contributed by atoms with Gasteiger partial charge in [-0.15, -0.1) is 11.8 Å². The second-order valence-electron chi connectivity index (χ2n) is 3.44. The van der Waals surface area contributed by atoms with Crippen LogP contribution in [-0.4, -0.2) is 21.4 Å². The lowest BCUT2D eigenvalue weighted by atomic mass is 10.3. The topological polar surface area (TPSA) is 71.2 Å². The van der Waals surface area contributed by atoms with Crippen LogP contribution in [0.3, 0.4) is 0 Å². The van der Waals surface area contributed by atoms with Crippen molar-refractivity contribution in [1.29, 1.82) is 0 Å². The van der Waals surface area contributed by atoms with Crippen LogP contribution in [0, 0.1) is 0 Å². The fraction of sp³-hybridized carbons (Fsp3) is 0.500. The van der Waals surface area contributed by atoms with E-state index in [1.807, 2.05) is 19.1 Å². The van der Waals surface area contributed by atoms with Crippen LogP contribution in [0.1, 0.15) is 19.5 Å². The van der Waals surface area contributed by atoms with E-state index in [1.165, 1.54) is 0 Å². The second-order valence-corrected chi connectivity index (χ2v) is 4.80. The summed E-state index contributed by atoms with van der Waals surface area (Å²) >= 11 is 1.68. The molecule has 1 rings (SSSR count). The summed E-state index contributed by atoms with van der Waals surface area (Å²) in [5, 5.41) is 9.54. The van der Waals surface area contributed by atoms with Gasteiger partial charge in [0.1, 0.15) is 0 Å². The van der Waals surface area contributed by atoms with Gasteiger partial charge in [-0.25, -0.2) is 0 Å². The Morgan fingerprint density at radius 3 is 2.93 bits per heavy atom. The molecule has 0 spiro atoms. The molecule has 0 amide bonds. The number of aromatic nitrogens is 1. The Bertz CT molecular complexity index is 306. The van der Waals surface area contributed by atoms with Gasteiger partial charge >= 0.3 is 0 Å². The van der Waals surface area contributed by atoms with Crippen LogP contribution < -0.4 is 11.3 Å². The smallest absolute Gasteiger partial charge is 0.0628 e. The Kier molecular flexibility index (Phi) is 4.87. The van der Waals surface area contributed by atoms with Gasteiger partial charge in [-0.3, -0.25) is 10.8 Å². The third-order valence-electron chi connectivity index (χ3n) is 2.16. The highest BCUT2D eigenvalue weighted by Gasteiger charge is 2.09. The molecule has 0 saturated heterocycles. The van der Waals surface area contributed by atoms with Crippen LogP contribution in [0.15, 0.2) is 18.3 Å². The standard InChI is InChI=1S/C10H17N3OS/c1-7(14)8(2)15-6-10-5-9(13-11)3-4-12-10/h3-5,7-8,14H,6,11H2,1-2H3,(H,12,13). The summed E-state index contributed by atoms with van der Waals surface area (Å²) < 4.78 is 0. The lowest BCUT2D eigenvalue weighted by Gasteiger charge is -2.13. The van der Waals surface area contributed by atoms with E-state index in [-0.39, 0.29) is 11.4 Å². The van der Waals surface area contributed by atoms with E-state index >= 15 is 0 Å². The molecule has 0 bridgehead atoms. The minimum absolute atomic E-state index is 0.210. The fourth-order valence-electron chi connectivity index (χ4n) is 1.00. The zero-order valence-corrected chi connectivity index (χ0v) is 9.79. The number of hydrogen-bond donors (Lipinski definition) is 3. The number of aliphatic hydroxyl groups is 1. The molecule has 0 aliphatic heterocycles. The quantitative estimate of drug-likeness (QED) is 0.523. The zero-order chi connectivity index (χ0) is 11.3. The highest BCUT2D eigenvalue weighted by atomic mass is 32.2. The number of aliphatic hydroxyl groups excluding tert-OH is 1. The van der Waals surface area contributed by atoms with E-state index < -0.39 is 0 Å². The van der Waals surface area contributed by atoms with Crippen molar-refractivity contribution in [3.05, 3.63) is 24.0 Å². The number of hydrogen-bond acceptors (Lipinski definition) is 5. The number of rotatable bonds is 5. The Hall–Kier alpha value is -0.780. The number of nitrogens with two attached hydrogens (primary N) is 1. The summed E-state index contributed by atoms with van der Waals surface area (Å²) in [5.74, 6) is 6.08. The first-order chi connectivity index (χ1) is 7.13. The normalized spacial score (nSPS) is 14.7. The number of anilines is 1. The maximum Gasteiger partial charge on any atom is 0.0628 e. The van der Waals surface area contributed by atoms with E-state index in [9.17, 15) is 5.11 Å². The van der Waals surface area contributed by atoms with Gasteiger partial charge in [0, 0.05) is 17.2 Å². The molecule has 0 aromatic carbocycles. The number of thioether (sulfide) groups is 1. The van der Waals surface area contributed by atoms with Crippen LogP contribution in [0.2, 0.25) is 0 Å². The highest BCUT2D eigenvalue weighted by molar-refractivity contribution is 7.99. The average molecular weight is 227 g/mol.